The lowest BCUT2D eigenvalue weighted by Crippen LogP contribution is -2.35. The van der Waals surface area contributed by atoms with Gasteiger partial charge in [0.2, 0.25) is 0 Å². The summed E-state index contributed by atoms with van der Waals surface area (Å²) in [6, 6.07) is 4.33. The predicted octanol–water partition coefficient (Wildman–Crippen LogP) is 2.57. The topological polar surface area (TPSA) is 40.5 Å². The Hall–Kier alpha value is -1.86. The maximum absolute atomic E-state index is 13.5. The zero-order chi connectivity index (χ0) is 15.2. The highest BCUT2D eigenvalue weighted by molar-refractivity contribution is 5.97. The molecule has 3 nitrogen and oxygen atoms in total. The Kier molecular flexibility index (Phi) is 5.35. The van der Waals surface area contributed by atoms with Crippen LogP contribution in [-0.2, 0) is 0 Å². The van der Waals surface area contributed by atoms with Crippen molar-refractivity contribution < 1.29 is 14.3 Å². The van der Waals surface area contributed by atoms with E-state index >= 15 is 0 Å². The standard InChI is InChI=1S/C17H20FNO2/c1-2-15-7-5-10-19(15)17(21)16-12-14(18)9-8-13(16)6-3-4-11-20/h8-9,12,15,20H,2,4-5,7,10-11H2,1H3. The SMILES string of the molecule is CCC1CCCN1C(=O)c1cc(F)ccc1C#CCCO. The van der Waals surface area contributed by atoms with Crippen molar-refractivity contribution in [1.82, 2.24) is 4.90 Å². The fourth-order valence-electron chi connectivity index (χ4n) is 2.70. The average Bonchev–Trinajstić information content (AvgIpc) is 2.96. The number of carbonyl (C=O) groups excluding carboxylic acids is 1. The largest absolute Gasteiger partial charge is 0.395 e. The zero-order valence-electron chi connectivity index (χ0n) is 12.2. The number of aliphatic hydroxyl groups excluding tert-OH is 1. The number of nitrogens with zero attached hydrogens (tertiary/aromatic N) is 1. The Labute approximate surface area is 124 Å². The van der Waals surface area contributed by atoms with Crippen LogP contribution in [0.3, 0.4) is 0 Å². The molecule has 4 heteroatoms. The molecule has 1 atom stereocenters. The van der Waals surface area contributed by atoms with Crippen molar-refractivity contribution in [1.29, 1.82) is 0 Å². The fraction of sp³-hybridized carbons (Fsp3) is 0.471. The van der Waals surface area contributed by atoms with Gasteiger partial charge in [-0.3, -0.25) is 4.79 Å². The van der Waals surface area contributed by atoms with E-state index in [0.717, 1.165) is 25.8 Å². The van der Waals surface area contributed by atoms with Gasteiger partial charge in [-0.05, 0) is 37.5 Å². The van der Waals surface area contributed by atoms with Gasteiger partial charge >= 0.3 is 0 Å². The van der Waals surface area contributed by atoms with Crippen molar-refractivity contribution in [2.75, 3.05) is 13.2 Å². The second-order valence-corrected chi connectivity index (χ2v) is 5.17. The molecule has 1 aliphatic heterocycles. The second kappa shape index (κ2) is 7.24. The second-order valence-electron chi connectivity index (χ2n) is 5.17. The van der Waals surface area contributed by atoms with Crippen LogP contribution in [-0.4, -0.2) is 35.1 Å². The summed E-state index contributed by atoms with van der Waals surface area (Å²) in [7, 11) is 0. The van der Waals surface area contributed by atoms with E-state index in [2.05, 4.69) is 18.8 Å². The molecule has 1 aromatic carbocycles. The van der Waals surface area contributed by atoms with Crippen LogP contribution >= 0.6 is 0 Å². The molecule has 1 saturated heterocycles. The number of halogens is 1. The molecule has 1 heterocycles. The third kappa shape index (κ3) is 3.62. The third-order valence-electron chi connectivity index (χ3n) is 3.78. The van der Waals surface area contributed by atoms with Crippen LogP contribution < -0.4 is 0 Å². The highest BCUT2D eigenvalue weighted by atomic mass is 19.1. The van der Waals surface area contributed by atoms with Gasteiger partial charge in [0.15, 0.2) is 0 Å². The molecule has 1 aliphatic rings. The number of benzene rings is 1. The molecular weight excluding hydrogens is 269 g/mol. The van der Waals surface area contributed by atoms with E-state index in [4.69, 9.17) is 5.11 Å². The van der Waals surface area contributed by atoms with Crippen molar-refractivity contribution in [2.24, 2.45) is 0 Å². The summed E-state index contributed by atoms with van der Waals surface area (Å²) in [6.07, 6.45) is 3.24. The van der Waals surface area contributed by atoms with Gasteiger partial charge in [0.05, 0.1) is 12.2 Å². The maximum atomic E-state index is 13.5. The first-order chi connectivity index (χ1) is 10.2. The number of hydrogen-bond donors (Lipinski definition) is 1. The maximum Gasteiger partial charge on any atom is 0.255 e. The van der Waals surface area contributed by atoms with E-state index in [1.165, 1.54) is 18.2 Å². The van der Waals surface area contributed by atoms with Crippen LogP contribution in [0.15, 0.2) is 18.2 Å². The first-order valence-corrected chi connectivity index (χ1v) is 7.37. The smallest absolute Gasteiger partial charge is 0.255 e. The molecule has 21 heavy (non-hydrogen) atoms. The van der Waals surface area contributed by atoms with Gasteiger partial charge in [0, 0.05) is 24.6 Å². The summed E-state index contributed by atoms with van der Waals surface area (Å²) >= 11 is 0. The predicted molar refractivity (Wildman–Crippen MR) is 79.3 cm³/mol. The van der Waals surface area contributed by atoms with Crippen molar-refractivity contribution in [3.05, 3.63) is 35.1 Å². The molecule has 0 radical (unpaired) electrons. The van der Waals surface area contributed by atoms with E-state index in [0.29, 0.717) is 17.5 Å². The monoisotopic (exact) mass is 289 g/mol. The summed E-state index contributed by atoms with van der Waals surface area (Å²) < 4.78 is 13.5. The first kappa shape index (κ1) is 15.5. The van der Waals surface area contributed by atoms with Gasteiger partial charge in [0.1, 0.15) is 5.82 Å². The van der Waals surface area contributed by atoms with Crippen molar-refractivity contribution >= 4 is 5.91 Å². The Balaban J connectivity index is 2.31. The van der Waals surface area contributed by atoms with Crippen molar-refractivity contribution in [2.45, 2.75) is 38.6 Å². The molecule has 1 unspecified atom stereocenters. The first-order valence-electron chi connectivity index (χ1n) is 7.37. The van der Waals surface area contributed by atoms with E-state index in [1.807, 2.05) is 4.90 Å². The van der Waals surface area contributed by atoms with Crippen molar-refractivity contribution in [3.8, 4) is 11.8 Å². The van der Waals surface area contributed by atoms with Gasteiger partial charge in [-0.25, -0.2) is 4.39 Å². The third-order valence-corrected chi connectivity index (χ3v) is 3.78. The molecule has 1 aromatic rings. The van der Waals surface area contributed by atoms with Gasteiger partial charge < -0.3 is 10.0 Å². The lowest BCUT2D eigenvalue weighted by Gasteiger charge is -2.24. The van der Waals surface area contributed by atoms with E-state index in [1.54, 1.807) is 0 Å². The highest BCUT2D eigenvalue weighted by Gasteiger charge is 2.29. The van der Waals surface area contributed by atoms with Gasteiger partial charge in [0.25, 0.3) is 5.91 Å². The van der Waals surface area contributed by atoms with Crippen LogP contribution in [0.4, 0.5) is 4.39 Å². The fourth-order valence-corrected chi connectivity index (χ4v) is 2.70. The molecule has 112 valence electrons. The highest BCUT2D eigenvalue weighted by Crippen LogP contribution is 2.23. The quantitative estimate of drug-likeness (QED) is 0.869. The molecule has 1 N–H and O–H groups in total. The number of rotatable bonds is 3. The van der Waals surface area contributed by atoms with Crippen molar-refractivity contribution in [3.63, 3.8) is 0 Å². The van der Waals surface area contributed by atoms with Crippen LogP contribution in [0.2, 0.25) is 0 Å². The number of amides is 1. The number of hydrogen-bond acceptors (Lipinski definition) is 2. The molecule has 0 bridgehead atoms. The van der Waals surface area contributed by atoms with Gasteiger partial charge in [-0.2, -0.15) is 0 Å². The molecule has 0 aromatic heterocycles. The molecule has 0 saturated carbocycles. The molecule has 1 amide bonds. The number of aliphatic hydroxyl groups is 1. The summed E-state index contributed by atoms with van der Waals surface area (Å²) in [6.45, 7) is 2.75. The molecule has 0 spiro atoms. The zero-order valence-corrected chi connectivity index (χ0v) is 12.2. The normalized spacial score (nSPS) is 17.5. The summed E-state index contributed by atoms with van der Waals surface area (Å²) in [5.41, 5.74) is 0.845. The minimum Gasteiger partial charge on any atom is -0.395 e. The van der Waals surface area contributed by atoms with Crippen LogP contribution in [0.5, 0.6) is 0 Å². The van der Waals surface area contributed by atoms with Crippen LogP contribution in [0.25, 0.3) is 0 Å². The lowest BCUT2D eigenvalue weighted by molar-refractivity contribution is 0.0733. The summed E-state index contributed by atoms with van der Waals surface area (Å²) in [4.78, 5) is 14.5. The minimum absolute atomic E-state index is 0.0263. The van der Waals surface area contributed by atoms with Gasteiger partial charge in [-0.15, -0.1) is 0 Å². The average molecular weight is 289 g/mol. The molecule has 0 aliphatic carbocycles. The minimum atomic E-state index is -0.432. The van der Waals surface area contributed by atoms with Crippen LogP contribution in [0.1, 0.15) is 48.5 Å². The molecule has 1 fully saturated rings. The molecule has 2 rings (SSSR count). The van der Waals surface area contributed by atoms with Crippen LogP contribution in [0, 0.1) is 17.7 Å². The van der Waals surface area contributed by atoms with E-state index in [-0.39, 0.29) is 18.6 Å². The number of carbonyl (C=O) groups is 1. The number of likely N-dealkylation sites (tertiary alicyclic amines) is 1. The summed E-state index contributed by atoms with van der Waals surface area (Å²) in [5, 5.41) is 8.77. The lowest BCUT2D eigenvalue weighted by atomic mass is 10.0. The van der Waals surface area contributed by atoms with E-state index < -0.39 is 5.82 Å². The Morgan fingerprint density at radius 2 is 2.33 bits per heavy atom. The van der Waals surface area contributed by atoms with E-state index in [9.17, 15) is 9.18 Å². The Bertz CT molecular complexity index is 574. The molecular formula is C17H20FNO2. The Morgan fingerprint density at radius 1 is 1.52 bits per heavy atom. The van der Waals surface area contributed by atoms with Gasteiger partial charge in [-0.1, -0.05) is 18.8 Å². The summed E-state index contributed by atoms with van der Waals surface area (Å²) in [5.74, 6) is 5.06. The Morgan fingerprint density at radius 3 is 3.05 bits per heavy atom.